The van der Waals surface area contributed by atoms with E-state index < -0.39 is 12.1 Å². The van der Waals surface area contributed by atoms with E-state index in [0.717, 1.165) is 51.4 Å². The van der Waals surface area contributed by atoms with Crippen LogP contribution in [0, 0.1) is 0 Å². The number of ether oxygens (including phenoxy) is 1. The molecule has 0 aliphatic heterocycles. The summed E-state index contributed by atoms with van der Waals surface area (Å²) in [6, 6.07) is -0.540. The van der Waals surface area contributed by atoms with Gasteiger partial charge in [-0.15, -0.1) is 0 Å². The summed E-state index contributed by atoms with van der Waals surface area (Å²) in [6.45, 7) is 4.98. The maximum absolute atomic E-state index is 12.6. The van der Waals surface area contributed by atoms with Crippen molar-refractivity contribution in [2.24, 2.45) is 0 Å². The van der Waals surface area contributed by atoms with Gasteiger partial charge in [-0.2, -0.15) is 0 Å². The molecule has 0 fully saturated rings. The highest BCUT2D eigenvalue weighted by Gasteiger charge is 2.20. The Morgan fingerprint density at radius 2 is 0.568 bits per heavy atom. The Labute approximate surface area is 551 Å². The summed E-state index contributed by atoms with van der Waals surface area (Å²) in [4.78, 5) is 24.7. The van der Waals surface area contributed by atoms with Gasteiger partial charge in [0.2, 0.25) is 5.91 Å². The molecular formula is C82H159NO5. The average Bonchev–Trinajstić information content (AvgIpc) is 3.57. The Morgan fingerprint density at radius 1 is 0.318 bits per heavy atom. The van der Waals surface area contributed by atoms with Crippen molar-refractivity contribution in [2.45, 2.75) is 475 Å². The van der Waals surface area contributed by atoms with E-state index in [1.54, 1.807) is 0 Å². The molecule has 88 heavy (non-hydrogen) atoms. The molecule has 522 valence electrons. The Morgan fingerprint density at radius 3 is 0.875 bits per heavy atom. The zero-order valence-electron chi connectivity index (χ0n) is 60.0. The minimum atomic E-state index is -0.663. The van der Waals surface area contributed by atoms with E-state index >= 15 is 0 Å². The lowest BCUT2D eigenvalue weighted by atomic mass is 10.0. The number of hydrogen-bond donors (Lipinski definition) is 3. The summed E-state index contributed by atoms with van der Waals surface area (Å²) in [5.41, 5.74) is 0. The Bertz CT molecular complexity index is 1380. The van der Waals surface area contributed by atoms with Crippen LogP contribution in [0.1, 0.15) is 463 Å². The predicted octanol–water partition coefficient (Wildman–Crippen LogP) is 26.8. The summed E-state index contributed by atoms with van der Waals surface area (Å²) in [7, 11) is 0. The van der Waals surface area contributed by atoms with Gasteiger partial charge in [-0.3, -0.25) is 9.59 Å². The van der Waals surface area contributed by atoms with Gasteiger partial charge < -0.3 is 20.3 Å². The minimum absolute atomic E-state index is 0.00828. The van der Waals surface area contributed by atoms with E-state index in [4.69, 9.17) is 4.74 Å². The van der Waals surface area contributed by atoms with E-state index in [1.165, 1.54) is 379 Å². The van der Waals surface area contributed by atoms with E-state index in [-0.39, 0.29) is 18.5 Å². The lowest BCUT2D eigenvalue weighted by molar-refractivity contribution is -0.143. The number of esters is 1. The summed E-state index contributed by atoms with van der Waals surface area (Å²) < 4.78 is 5.50. The summed E-state index contributed by atoms with van der Waals surface area (Å²) in [6.07, 6.45) is 99.9. The number of carbonyl (C=O) groups is 2. The van der Waals surface area contributed by atoms with Crippen LogP contribution in [0.15, 0.2) is 24.3 Å². The number of amides is 1. The molecule has 0 aliphatic carbocycles. The monoisotopic (exact) mass is 1240 g/mol. The highest BCUT2D eigenvalue weighted by molar-refractivity contribution is 5.76. The van der Waals surface area contributed by atoms with Gasteiger partial charge in [-0.1, -0.05) is 417 Å². The van der Waals surface area contributed by atoms with Crippen LogP contribution >= 0.6 is 0 Å². The molecule has 0 radical (unpaired) electrons. The van der Waals surface area contributed by atoms with Gasteiger partial charge in [0.25, 0.3) is 0 Å². The summed E-state index contributed by atoms with van der Waals surface area (Å²) >= 11 is 0. The molecule has 3 N–H and O–H groups in total. The zero-order chi connectivity index (χ0) is 63.5. The molecule has 0 bridgehead atoms. The minimum Gasteiger partial charge on any atom is -0.466 e. The van der Waals surface area contributed by atoms with Gasteiger partial charge in [0, 0.05) is 12.8 Å². The molecule has 0 heterocycles. The van der Waals surface area contributed by atoms with Crippen LogP contribution in [0.25, 0.3) is 0 Å². The molecule has 0 saturated heterocycles. The molecule has 6 heteroatoms. The number of carbonyl (C=O) groups excluding carboxylic acids is 2. The first-order chi connectivity index (χ1) is 43.5. The van der Waals surface area contributed by atoms with E-state index in [2.05, 4.69) is 43.5 Å². The van der Waals surface area contributed by atoms with Crippen LogP contribution in [-0.2, 0) is 14.3 Å². The topological polar surface area (TPSA) is 95.9 Å². The van der Waals surface area contributed by atoms with Crippen molar-refractivity contribution in [3.8, 4) is 0 Å². The van der Waals surface area contributed by atoms with Crippen LogP contribution in [0.2, 0.25) is 0 Å². The lowest BCUT2D eigenvalue weighted by Crippen LogP contribution is -2.45. The van der Waals surface area contributed by atoms with Crippen LogP contribution in [0.4, 0.5) is 0 Å². The molecule has 0 aromatic carbocycles. The van der Waals surface area contributed by atoms with Crippen LogP contribution in [0.5, 0.6) is 0 Å². The second-order valence-corrected chi connectivity index (χ2v) is 28.1. The fourth-order valence-electron chi connectivity index (χ4n) is 13.1. The predicted molar refractivity (Wildman–Crippen MR) is 389 cm³/mol. The first kappa shape index (κ1) is 86.3. The normalized spacial score (nSPS) is 12.5. The fourth-order valence-corrected chi connectivity index (χ4v) is 13.1. The Hall–Kier alpha value is -1.66. The third kappa shape index (κ3) is 73.4. The molecular weight excluding hydrogens is 1080 g/mol. The SMILES string of the molecule is CCCCCC/C=C\C/C=C\CCCCCCCC(=O)OCCCCCCCCCCCCCCCCCCCCCCCCCCCCCCCCCC(=O)NC(CO)C(O)CCCCCCCCCCCCCCCCCCCCCCCCCC. The smallest absolute Gasteiger partial charge is 0.305 e. The van der Waals surface area contributed by atoms with Gasteiger partial charge >= 0.3 is 5.97 Å². The number of nitrogens with one attached hydrogen (secondary N) is 1. The summed E-state index contributed by atoms with van der Waals surface area (Å²) in [5.74, 6) is -0.0166. The van der Waals surface area contributed by atoms with Crippen molar-refractivity contribution >= 4 is 11.9 Å². The van der Waals surface area contributed by atoms with Crippen molar-refractivity contribution in [2.75, 3.05) is 13.2 Å². The first-order valence-electron chi connectivity index (χ1n) is 40.6. The van der Waals surface area contributed by atoms with Gasteiger partial charge in [0.15, 0.2) is 0 Å². The highest BCUT2D eigenvalue weighted by atomic mass is 16.5. The molecule has 0 aromatic rings. The van der Waals surface area contributed by atoms with Crippen LogP contribution in [0.3, 0.4) is 0 Å². The van der Waals surface area contributed by atoms with Crippen molar-refractivity contribution in [3.63, 3.8) is 0 Å². The summed E-state index contributed by atoms with van der Waals surface area (Å²) in [5, 5.41) is 23.5. The van der Waals surface area contributed by atoms with E-state index in [0.29, 0.717) is 25.9 Å². The van der Waals surface area contributed by atoms with Crippen molar-refractivity contribution in [3.05, 3.63) is 24.3 Å². The van der Waals surface area contributed by atoms with Gasteiger partial charge in [-0.05, 0) is 57.8 Å². The second-order valence-electron chi connectivity index (χ2n) is 28.1. The molecule has 0 aliphatic rings. The number of aliphatic hydroxyl groups excluding tert-OH is 2. The Kier molecular flexibility index (Phi) is 76.3. The maximum Gasteiger partial charge on any atom is 0.305 e. The van der Waals surface area contributed by atoms with Crippen molar-refractivity contribution in [1.29, 1.82) is 0 Å². The second kappa shape index (κ2) is 77.8. The first-order valence-corrected chi connectivity index (χ1v) is 40.6. The van der Waals surface area contributed by atoms with Crippen LogP contribution in [-0.4, -0.2) is 47.4 Å². The lowest BCUT2D eigenvalue weighted by Gasteiger charge is -2.22. The fraction of sp³-hybridized carbons (Fsp3) is 0.927. The van der Waals surface area contributed by atoms with Gasteiger partial charge in [-0.25, -0.2) is 0 Å². The standard InChI is InChI=1S/C82H159NO5/c1-3-5-7-9-11-13-15-17-19-21-22-23-24-34-37-40-43-46-50-54-58-62-66-70-74-80(85)79(78-84)83-81(86)75-71-67-63-59-55-51-47-44-41-38-35-32-30-28-26-25-27-29-31-33-36-39-42-45-49-53-57-61-65-69-73-77-88-82(87)76-72-68-64-60-56-52-48-20-18-16-14-12-10-8-6-4-2/h14,16,20,48,79-80,84-85H,3-13,15,17-19,21-47,49-78H2,1-2H3,(H,83,86)/b16-14-,48-20-. The number of allylic oxidation sites excluding steroid dienone is 4. The third-order valence-corrected chi connectivity index (χ3v) is 19.3. The van der Waals surface area contributed by atoms with E-state index in [9.17, 15) is 19.8 Å². The van der Waals surface area contributed by atoms with Crippen molar-refractivity contribution < 1.29 is 24.5 Å². The third-order valence-electron chi connectivity index (χ3n) is 19.3. The number of aliphatic hydroxyl groups is 2. The quantitative estimate of drug-likeness (QED) is 0.0320. The molecule has 0 aromatic heterocycles. The maximum atomic E-state index is 12.6. The number of hydrogen-bond acceptors (Lipinski definition) is 5. The number of unbranched alkanes of at least 4 members (excludes halogenated alkanes) is 62. The number of rotatable bonds is 77. The molecule has 0 saturated carbocycles. The van der Waals surface area contributed by atoms with Crippen molar-refractivity contribution in [1.82, 2.24) is 5.32 Å². The Balaban J connectivity index is 3.33. The highest BCUT2D eigenvalue weighted by Crippen LogP contribution is 2.20. The van der Waals surface area contributed by atoms with Gasteiger partial charge in [0.05, 0.1) is 25.4 Å². The molecule has 1 amide bonds. The molecule has 0 rings (SSSR count). The largest absolute Gasteiger partial charge is 0.466 e. The average molecular weight is 1240 g/mol. The molecule has 2 atom stereocenters. The zero-order valence-corrected chi connectivity index (χ0v) is 60.0. The van der Waals surface area contributed by atoms with Gasteiger partial charge in [0.1, 0.15) is 0 Å². The molecule has 0 spiro atoms. The van der Waals surface area contributed by atoms with E-state index in [1.807, 2.05) is 0 Å². The van der Waals surface area contributed by atoms with Crippen LogP contribution < -0.4 is 5.32 Å². The molecule has 6 nitrogen and oxygen atoms in total. The molecule has 2 unspecified atom stereocenters.